The van der Waals surface area contributed by atoms with Crippen LogP contribution in [-0.2, 0) is 14.1 Å². The molecule has 3 rings (SSSR count). The van der Waals surface area contributed by atoms with E-state index in [1.165, 1.54) is 0 Å². The van der Waals surface area contributed by atoms with Crippen molar-refractivity contribution >= 4 is 18.6 Å². The maximum Gasteiger partial charge on any atom is 0.496 e. The summed E-state index contributed by atoms with van der Waals surface area (Å²) in [5.41, 5.74) is 0.249. The number of aromatic nitrogens is 1. The Labute approximate surface area is 149 Å². The number of nitrogens with zero attached hydrogens (tertiary/aromatic N) is 1. The van der Waals surface area contributed by atoms with E-state index in [4.69, 9.17) is 14.0 Å². The Morgan fingerprint density at radius 1 is 1.28 bits per heavy atom. The Kier molecular flexibility index (Phi) is 4.36. The van der Waals surface area contributed by atoms with E-state index in [2.05, 4.69) is 4.98 Å². The number of rotatable bonds is 5. The number of pyridine rings is 1. The molecule has 2 fully saturated rings. The van der Waals surface area contributed by atoms with Gasteiger partial charge >= 0.3 is 13.1 Å². The predicted molar refractivity (Wildman–Crippen MR) is 94.1 cm³/mol. The molecule has 1 aliphatic carbocycles. The molecule has 7 heteroatoms. The van der Waals surface area contributed by atoms with Gasteiger partial charge in [0.1, 0.15) is 12.0 Å². The van der Waals surface area contributed by atoms with E-state index in [0.717, 1.165) is 17.4 Å². The van der Waals surface area contributed by atoms with Crippen LogP contribution in [0.1, 0.15) is 52.5 Å². The molecule has 0 atom stereocenters. The molecule has 2 aliphatic rings. The Morgan fingerprint density at radius 3 is 2.32 bits per heavy atom. The molecule has 0 radical (unpaired) electrons. The number of carboxylic acids is 1. The fourth-order valence-corrected chi connectivity index (χ4v) is 3.07. The van der Waals surface area contributed by atoms with Crippen LogP contribution in [0, 0.1) is 12.3 Å². The summed E-state index contributed by atoms with van der Waals surface area (Å²) in [6, 6.07) is 1.81. The van der Waals surface area contributed by atoms with Crippen molar-refractivity contribution in [3.05, 3.63) is 17.8 Å². The molecular formula is C18H26BNO5. The predicted octanol–water partition coefficient (Wildman–Crippen LogP) is 2.32. The van der Waals surface area contributed by atoms with Crippen LogP contribution in [0.4, 0.5) is 0 Å². The second-order valence-corrected chi connectivity index (χ2v) is 8.20. The third kappa shape index (κ3) is 3.15. The highest BCUT2D eigenvalue weighted by molar-refractivity contribution is 6.62. The quantitative estimate of drug-likeness (QED) is 0.824. The molecule has 1 aromatic heterocycles. The lowest BCUT2D eigenvalue weighted by Gasteiger charge is -2.36. The molecule has 1 saturated carbocycles. The summed E-state index contributed by atoms with van der Waals surface area (Å²) in [7, 11) is -0.469. The van der Waals surface area contributed by atoms with Gasteiger partial charge in [-0.3, -0.25) is 4.79 Å². The molecule has 0 spiro atoms. The third-order valence-electron chi connectivity index (χ3n) is 5.89. The highest BCUT2D eigenvalue weighted by atomic mass is 16.7. The van der Waals surface area contributed by atoms with E-state index in [0.29, 0.717) is 18.7 Å². The summed E-state index contributed by atoms with van der Waals surface area (Å²) in [4.78, 5) is 15.7. The van der Waals surface area contributed by atoms with Crippen LogP contribution in [0.2, 0.25) is 0 Å². The molecule has 0 aromatic carbocycles. The minimum atomic E-state index is -0.788. The molecule has 6 nitrogen and oxygen atoms in total. The maximum absolute atomic E-state index is 11.4. The van der Waals surface area contributed by atoms with Crippen molar-refractivity contribution in [2.24, 2.45) is 5.41 Å². The van der Waals surface area contributed by atoms with Gasteiger partial charge in [0.2, 0.25) is 5.88 Å². The van der Waals surface area contributed by atoms with E-state index in [-0.39, 0.29) is 6.61 Å². The molecule has 2 heterocycles. The van der Waals surface area contributed by atoms with Crippen molar-refractivity contribution in [2.45, 2.75) is 65.1 Å². The van der Waals surface area contributed by atoms with Crippen molar-refractivity contribution in [3.63, 3.8) is 0 Å². The number of carbonyl (C=O) groups is 1. The van der Waals surface area contributed by atoms with Gasteiger partial charge in [-0.25, -0.2) is 4.98 Å². The van der Waals surface area contributed by atoms with Crippen LogP contribution < -0.4 is 10.2 Å². The fourth-order valence-electron chi connectivity index (χ4n) is 3.07. The fraction of sp³-hybridized carbons (Fsp3) is 0.667. The van der Waals surface area contributed by atoms with Crippen molar-refractivity contribution in [2.75, 3.05) is 6.61 Å². The zero-order valence-corrected chi connectivity index (χ0v) is 15.6. The Hall–Kier alpha value is -1.60. The number of carboxylic acid groups (broad SMARTS) is 1. The van der Waals surface area contributed by atoms with E-state index in [1.54, 1.807) is 6.20 Å². The van der Waals surface area contributed by atoms with E-state index >= 15 is 0 Å². The summed E-state index contributed by atoms with van der Waals surface area (Å²) in [6.45, 7) is 10.2. The van der Waals surface area contributed by atoms with E-state index < -0.39 is 29.7 Å². The number of aliphatic carboxylic acids is 1. The van der Waals surface area contributed by atoms with Crippen LogP contribution >= 0.6 is 0 Å². The lowest BCUT2D eigenvalue weighted by Crippen LogP contribution is -2.43. The molecule has 25 heavy (non-hydrogen) atoms. The largest absolute Gasteiger partial charge is 0.496 e. The molecule has 0 amide bonds. The average molecular weight is 347 g/mol. The molecule has 1 saturated heterocycles. The molecule has 1 N–H and O–H groups in total. The second kappa shape index (κ2) is 5.99. The Morgan fingerprint density at radius 2 is 1.88 bits per heavy atom. The van der Waals surface area contributed by atoms with Crippen LogP contribution in [0.5, 0.6) is 5.88 Å². The topological polar surface area (TPSA) is 77.9 Å². The Balaban J connectivity index is 1.71. The van der Waals surface area contributed by atoms with Gasteiger partial charge in [0.05, 0.1) is 11.2 Å². The van der Waals surface area contributed by atoms with Crippen molar-refractivity contribution in [1.29, 1.82) is 0 Å². The van der Waals surface area contributed by atoms with Gasteiger partial charge in [0.25, 0.3) is 0 Å². The number of aryl methyl sites for hydroxylation is 1. The average Bonchev–Trinajstić information content (AvgIpc) is 2.65. The highest BCUT2D eigenvalue weighted by Crippen LogP contribution is 2.41. The SMILES string of the molecule is Cc1cc(OCC2(C(=O)O)CCC2)ncc1B1OC(C)(C)C(C)(C)O1. The zero-order valence-electron chi connectivity index (χ0n) is 15.6. The van der Waals surface area contributed by atoms with E-state index in [1.807, 2.05) is 40.7 Å². The van der Waals surface area contributed by atoms with Crippen molar-refractivity contribution in [1.82, 2.24) is 4.98 Å². The molecule has 0 bridgehead atoms. The van der Waals surface area contributed by atoms with Gasteiger partial charge in [-0.1, -0.05) is 6.42 Å². The van der Waals surface area contributed by atoms with Gasteiger partial charge in [-0.05, 0) is 53.0 Å². The molecular weight excluding hydrogens is 321 g/mol. The van der Waals surface area contributed by atoms with Gasteiger partial charge in [-0.2, -0.15) is 0 Å². The van der Waals surface area contributed by atoms with Crippen LogP contribution in [-0.4, -0.2) is 41.0 Å². The summed E-state index contributed by atoms with van der Waals surface area (Å²) in [5, 5.41) is 9.37. The van der Waals surface area contributed by atoms with Gasteiger partial charge < -0.3 is 19.2 Å². The number of hydrogen-bond acceptors (Lipinski definition) is 5. The molecule has 0 unspecified atom stereocenters. The Bertz CT molecular complexity index is 668. The first-order valence-corrected chi connectivity index (χ1v) is 8.75. The smallest absolute Gasteiger partial charge is 0.481 e. The third-order valence-corrected chi connectivity index (χ3v) is 5.89. The lowest BCUT2D eigenvalue weighted by atomic mass is 9.69. The van der Waals surface area contributed by atoms with Crippen molar-refractivity contribution < 1.29 is 23.9 Å². The standard InChI is InChI=1S/C18H26BNO5/c1-12-9-14(23-11-18(15(21)22)7-6-8-18)20-10-13(12)19-24-16(2,3)17(4,5)25-19/h9-10H,6-8,11H2,1-5H3,(H,21,22). The van der Waals surface area contributed by atoms with Gasteiger partial charge in [0, 0.05) is 17.7 Å². The number of ether oxygens (including phenoxy) is 1. The first-order chi connectivity index (χ1) is 11.6. The monoisotopic (exact) mass is 347 g/mol. The van der Waals surface area contributed by atoms with Gasteiger partial charge in [-0.15, -0.1) is 0 Å². The minimum absolute atomic E-state index is 0.157. The summed E-state index contributed by atoms with van der Waals surface area (Å²) in [6.07, 6.45) is 3.95. The zero-order chi connectivity index (χ0) is 18.5. The second-order valence-electron chi connectivity index (χ2n) is 8.20. The van der Waals surface area contributed by atoms with E-state index in [9.17, 15) is 9.90 Å². The summed E-state index contributed by atoms with van der Waals surface area (Å²) >= 11 is 0. The van der Waals surface area contributed by atoms with Crippen molar-refractivity contribution in [3.8, 4) is 5.88 Å². The molecule has 1 aromatic rings. The maximum atomic E-state index is 11.4. The lowest BCUT2D eigenvalue weighted by molar-refractivity contribution is -0.157. The van der Waals surface area contributed by atoms with Crippen LogP contribution in [0.15, 0.2) is 12.3 Å². The summed E-state index contributed by atoms with van der Waals surface area (Å²) in [5.74, 6) is -0.352. The van der Waals surface area contributed by atoms with Crippen LogP contribution in [0.25, 0.3) is 0 Å². The highest BCUT2D eigenvalue weighted by Gasteiger charge is 2.52. The molecule has 1 aliphatic heterocycles. The number of hydrogen-bond donors (Lipinski definition) is 1. The van der Waals surface area contributed by atoms with Crippen LogP contribution in [0.3, 0.4) is 0 Å². The van der Waals surface area contributed by atoms with Gasteiger partial charge in [0.15, 0.2) is 0 Å². The summed E-state index contributed by atoms with van der Waals surface area (Å²) < 4.78 is 17.8. The minimum Gasteiger partial charge on any atom is -0.481 e. The molecule has 136 valence electrons. The first-order valence-electron chi connectivity index (χ1n) is 8.75. The first kappa shape index (κ1) is 18.2. The normalized spacial score (nSPS) is 23.2.